The van der Waals surface area contributed by atoms with Crippen LogP contribution in [0.25, 0.3) is 0 Å². The molecule has 0 aliphatic carbocycles. The van der Waals surface area contributed by atoms with Crippen molar-refractivity contribution >= 4 is 17.7 Å². The van der Waals surface area contributed by atoms with Crippen molar-refractivity contribution in [2.24, 2.45) is 11.1 Å². The molecule has 1 rings (SSSR count). The Morgan fingerprint density at radius 1 is 1.56 bits per heavy atom. The molecule has 0 bridgehead atoms. The Labute approximate surface area is 94.2 Å². The van der Waals surface area contributed by atoms with Gasteiger partial charge in [-0.25, -0.2) is 0 Å². The lowest BCUT2D eigenvalue weighted by Crippen LogP contribution is -2.61. The molecule has 1 saturated heterocycles. The maximum absolute atomic E-state index is 12.1. The molecule has 3 N–H and O–H groups in total. The zero-order valence-corrected chi connectivity index (χ0v) is 9.74. The molecule has 16 heavy (non-hydrogen) atoms. The molecular weight excluding hydrogens is 210 g/mol. The largest absolute Gasteiger partial charge is 0.329 e. The SMILES string of the molecule is CC1C(=O)NC(=O)CN1C(=O)C(C)(C)CN. The van der Waals surface area contributed by atoms with Crippen molar-refractivity contribution in [3.63, 3.8) is 0 Å². The molecule has 0 aromatic heterocycles. The van der Waals surface area contributed by atoms with Crippen LogP contribution in [0.3, 0.4) is 0 Å². The predicted molar refractivity (Wildman–Crippen MR) is 57.2 cm³/mol. The minimum Gasteiger partial charge on any atom is -0.329 e. The Morgan fingerprint density at radius 2 is 2.12 bits per heavy atom. The second kappa shape index (κ2) is 4.21. The molecule has 1 aliphatic heterocycles. The maximum Gasteiger partial charge on any atom is 0.249 e. The molecule has 1 fully saturated rings. The van der Waals surface area contributed by atoms with Crippen LogP contribution in [0.5, 0.6) is 0 Å². The fourth-order valence-electron chi connectivity index (χ4n) is 1.44. The van der Waals surface area contributed by atoms with E-state index in [0.29, 0.717) is 0 Å². The second-order valence-electron chi connectivity index (χ2n) is 4.61. The Hall–Kier alpha value is -1.43. The zero-order chi connectivity index (χ0) is 12.5. The van der Waals surface area contributed by atoms with Crippen molar-refractivity contribution in [3.05, 3.63) is 0 Å². The number of hydrogen-bond acceptors (Lipinski definition) is 4. The molecular formula is C10H17N3O3. The minimum atomic E-state index is -0.758. The highest BCUT2D eigenvalue weighted by molar-refractivity contribution is 6.04. The quantitative estimate of drug-likeness (QED) is 0.582. The summed E-state index contributed by atoms with van der Waals surface area (Å²) >= 11 is 0. The molecule has 0 radical (unpaired) electrons. The van der Waals surface area contributed by atoms with Crippen molar-refractivity contribution in [2.45, 2.75) is 26.8 Å². The molecule has 6 nitrogen and oxygen atoms in total. The van der Waals surface area contributed by atoms with Crippen LogP contribution in [-0.2, 0) is 14.4 Å². The average Bonchev–Trinajstić information content (AvgIpc) is 2.22. The number of nitrogens with two attached hydrogens (primary N) is 1. The van der Waals surface area contributed by atoms with E-state index < -0.39 is 23.3 Å². The van der Waals surface area contributed by atoms with Gasteiger partial charge in [0, 0.05) is 6.54 Å². The summed E-state index contributed by atoms with van der Waals surface area (Å²) in [6, 6.07) is -0.629. The number of nitrogens with one attached hydrogen (secondary N) is 1. The molecule has 0 aromatic carbocycles. The van der Waals surface area contributed by atoms with Crippen LogP contribution in [0.1, 0.15) is 20.8 Å². The Bertz CT molecular complexity index is 338. The van der Waals surface area contributed by atoms with Crippen LogP contribution in [0.15, 0.2) is 0 Å². The summed E-state index contributed by atoms with van der Waals surface area (Å²) in [6.45, 7) is 5.06. The predicted octanol–water partition coefficient (Wildman–Crippen LogP) is -1.16. The van der Waals surface area contributed by atoms with Crippen molar-refractivity contribution in [2.75, 3.05) is 13.1 Å². The summed E-state index contributed by atoms with van der Waals surface area (Å²) in [7, 11) is 0. The van der Waals surface area contributed by atoms with Crippen molar-refractivity contribution in [1.82, 2.24) is 10.2 Å². The molecule has 0 saturated carbocycles. The molecule has 1 atom stereocenters. The van der Waals surface area contributed by atoms with E-state index in [1.807, 2.05) is 0 Å². The number of carbonyl (C=O) groups is 3. The molecule has 0 aromatic rings. The van der Waals surface area contributed by atoms with E-state index >= 15 is 0 Å². The highest BCUT2D eigenvalue weighted by atomic mass is 16.2. The zero-order valence-electron chi connectivity index (χ0n) is 9.74. The highest BCUT2D eigenvalue weighted by Crippen LogP contribution is 2.19. The number of carbonyl (C=O) groups excluding carboxylic acids is 3. The standard InChI is InChI=1S/C10H17N3O3/c1-6-8(15)12-7(14)4-13(6)9(16)10(2,3)5-11/h6H,4-5,11H2,1-3H3,(H,12,14,15). The first kappa shape index (κ1) is 12.6. The molecule has 90 valence electrons. The monoisotopic (exact) mass is 227 g/mol. The second-order valence-corrected chi connectivity index (χ2v) is 4.61. The number of imide groups is 1. The third-order valence-electron chi connectivity index (χ3n) is 2.77. The van der Waals surface area contributed by atoms with Gasteiger partial charge in [0.05, 0.1) is 5.41 Å². The van der Waals surface area contributed by atoms with Gasteiger partial charge in [0.15, 0.2) is 0 Å². The van der Waals surface area contributed by atoms with E-state index in [4.69, 9.17) is 5.73 Å². The van der Waals surface area contributed by atoms with Gasteiger partial charge in [0.2, 0.25) is 17.7 Å². The molecule has 1 heterocycles. The third kappa shape index (κ3) is 2.21. The van der Waals surface area contributed by atoms with E-state index in [1.165, 1.54) is 4.90 Å². The molecule has 6 heteroatoms. The lowest BCUT2D eigenvalue weighted by Gasteiger charge is -2.36. The first-order valence-electron chi connectivity index (χ1n) is 5.14. The third-order valence-corrected chi connectivity index (χ3v) is 2.77. The molecule has 0 spiro atoms. The number of piperazine rings is 1. The molecule has 1 unspecified atom stereocenters. The Kier molecular flexibility index (Phi) is 3.32. The van der Waals surface area contributed by atoms with Crippen LogP contribution < -0.4 is 11.1 Å². The summed E-state index contributed by atoms with van der Waals surface area (Å²) in [5, 5.41) is 2.18. The molecule has 3 amide bonds. The maximum atomic E-state index is 12.1. The molecule has 1 aliphatic rings. The lowest BCUT2D eigenvalue weighted by molar-refractivity contribution is -0.154. The normalized spacial score (nSPS) is 22.0. The van der Waals surface area contributed by atoms with Crippen molar-refractivity contribution in [3.8, 4) is 0 Å². The van der Waals surface area contributed by atoms with Gasteiger partial charge in [-0.1, -0.05) is 0 Å². The first-order chi connectivity index (χ1) is 7.29. The van der Waals surface area contributed by atoms with Gasteiger partial charge in [0.1, 0.15) is 12.6 Å². The number of rotatable bonds is 2. The van der Waals surface area contributed by atoms with E-state index in [-0.39, 0.29) is 19.0 Å². The van der Waals surface area contributed by atoms with E-state index in [9.17, 15) is 14.4 Å². The fourth-order valence-corrected chi connectivity index (χ4v) is 1.44. The summed E-state index contributed by atoms with van der Waals surface area (Å²) in [5.74, 6) is -1.17. The minimum absolute atomic E-state index is 0.0881. The van der Waals surface area contributed by atoms with E-state index in [0.717, 1.165) is 0 Å². The average molecular weight is 227 g/mol. The van der Waals surface area contributed by atoms with Crippen LogP contribution >= 0.6 is 0 Å². The number of hydrogen-bond donors (Lipinski definition) is 2. The van der Waals surface area contributed by atoms with Gasteiger partial charge in [-0.15, -0.1) is 0 Å². The summed E-state index contributed by atoms with van der Waals surface area (Å²) in [4.78, 5) is 35.9. The van der Waals surface area contributed by atoms with Crippen LogP contribution in [0, 0.1) is 5.41 Å². The fraction of sp³-hybridized carbons (Fsp3) is 0.700. The van der Waals surface area contributed by atoms with Crippen molar-refractivity contribution in [1.29, 1.82) is 0 Å². The van der Waals surface area contributed by atoms with E-state index in [1.54, 1.807) is 20.8 Å². The Morgan fingerprint density at radius 3 is 2.62 bits per heavy atom. The van der Waals surface area contributed by atoms with Gasteiger partial charge in [-0.05, 0) is 20.8 Å². The lowest BCUT2D eigenvalue weighted by atomic mass is 9.91. The van der Waals surface area contributed by atoms with Crippen LogP contribution in [0.4, 0.5) is 0 Å². The van der Waals surface area contributed by atoms with Gasteiger partial charge in [0.25, 0.3) is 0 Å². The van der Waals surface area contributed by atoms with Gasteiger partial charge in [-0.2, -0.15) is 0 Å². The summed E-state index contributed by atoms with van der Waals surface area (Å²) in [5.41, 5.74) is 4.74. The smallest absolute Gasteiger partial charge is 0.249 e. The summed E-state index contributed by atoms with van der Waals surface area (Å²) in [6.07, 6.45) is 0. The topological polar surface area (TPSA) is 92.5 Å². The van der Waals surface area contributed by atoms with E-state index in [2.05, 4.69) is 5.32 Å². The first-order valence-corrected chi connectivity index (χ1v) is 5.14. The number of amides is 3. The highest BCUT2D eigenvalue weighted by Gasteiger charge is 2.39. The van der Waals surface area contributed by atoms with Gasteiger partial charge in [-0.3, -0.25) is 19.7 Å². The van der Waals surface area contributed by atoms with Crippen LogP contribution in [0.2, 0.25) is 0 Å². The number of nitrogens with zero attached hydrogens (tertiary/aromatic N) is 1. The van der Waals surface area contributed by atoms with Crippen molar-refractivity contribution < 1.29 is 14.4 Å². The van der Waals surface area contributed by atoms with Gasteiger partial charge >= 0.3 is 0 Å². The Balaban J connectivity index is 2.90. The van der Waals surface area contributed by atoms with Crippen LogP contribution in [-0.4, -0.2) is 41.8 Å². The summed E-state index contributed by atoms with van der Waals surface area (Å²) < 4.78 is 0. The van der Waals surface area contributed by atoms with Gasteiger partial charge < -0.3 is 10.6 Å².